The first-order chi connectivity index (χ1) is 9.47. The van der Waals surface area contributed by atoms with Crippen molar-refractivity contribution in [1.29, 1.82) is 0 Å². The van der Waals surface area contributed by atoms with Gasteiger partial charge in [-0.25, -0.2) is 0 Å². The molecule has 0 unspecified atom stereocenters. The van der Waals surface area contributed by atoms with Gasteiger partial charge in [0.05, 0.1) is 23.0 Å². The average molecular weight is 317 g/mol. The lowest BCUT2D eigenvalue weighted by molar-refractivity contribution is -0.135. The normalized spacial score (nSPS) is 10.2. The fourth-order valence-electron chi connectivity index (χ4n) is 1.75. The predicted molar refractivity (Wildman–Crippen MR) is 81.1 cm³/mol. The third-order valence-electron chi connectivity index (χ3n) is 2.80. The molecule has 0 saturated heterocycles. The van der Waals surface area contributed by atoms with Crippen molar-refractivity contribution in [3.05, 3.63) is 33.8 Å². The van der Waals surface area contributed by atoms with Gasteiger partial charge in [0.1, 0.15) is 0 Å². The third kappa shape index (κ3) is 5.02. The van der Waals surface area contributed by atoms with Crippen molar-refractivity contribution >= 4 is 35.0 Å². The van der Waals surface area contributed by atoms with Gasteiger partial charge in [0.25, 0.3) is 0 Å². The Kier molecular flexibility index (Phi) is 6.82. The van der Waals surface area contributed by atoms with E-state index in [0.29, 0.717) is 16.6 Å². The van der Waals surface area contributed by atoms with Crippen molar-refractivity contribution in [2.45, 2.75) is 19.8 Å². The highest BCUT2D eigenvalue weighted by atomic mass is 35.5. The standard InChI is InChI=1S/C14H18Cl2N2O2/c1-3-6-18(9-13(19)17-2)14(20)8-10-4-5-11(15)12(16)7-10/h4-5,7H,3,6,8-9H2,1-2H3,(H,17,19). The molecule has 4 nitrogen and oxygen atoms in total. The van der Waals surface area contributed by atoms with Crippen LogP contribution >= 0.6 is 23.2 Å². The van der Waals surface area contributed by atoms with Crippen molar-refractivity contribution in [3.63, 3.8) is 0 Å². The van der Waals surface area contributed by atoms with Crippen molar-refractivity contribution in [3.8, 4) is 0 Å². The molecule has 110 valence electrons. The molecule has 0 heterocycles. The van der Waals surface area contributed by atoms with E-state index in [1.807, 2.05) is 6.92 Å². The number of hydrogen-bond acceptors (Lipinski definition) is 2. The second-order valence-corrected chi connectivity index (χ2v) is 5.23. The monoisotopic (exact) mass is 316 g/mol. The number of nitrogens with one attached hydrogen (secondary N) is 1. The van der Waals surface area contributed by atoms with Gasteiger partial charge in [-0.3, -0.25) is 9.59 Å². The minimum atomic E-state index is -0.180. The van der Waals surface area contributed by atoms with Crippen LogP contribution in [0.3, 0.4) is 0 Å². The highest BCUT2D eigenvalue weighted by Gasteiger charge is 2.16. The zero-order valence-corrected chi connectivity index (χ0v) is 13.1. The summed E-state index contributed by atoms with van der Waals surface area (Å²) in [7, 11) is 1.55. The fourth-order valence-corrected chi connectivity index (χ4v) is 2.07. The first kappa shape index (κ1) is 16.8. The number of likely N-dealkylation sites (N-methyl/N-ethyl adjacent to an activating group) is 1. The van der Waals surface area contributed by atoms with Gasteiger partial charge in [0, 0.05) is 13.6 Å². The Morgan fingerprint density at radius 2 is 1.95 bits per heavy atom. The molecule has 0 aliphatic heterocycles. The number of halogens is 2. The summed E-state index contributed by atoms with van der Waals surface area (Å²) in [6.07, 6.45) is 0.998. The lowest BCUT2D eigenvalue weighted by atomic mass is 10.1. The van der Waals surface area contributed by atoms with Crippen molar-refractivity contribution in [2.75, 3.05) is 20.1 Å². The summed E-state index contributed by atoms with van der Waals surface area (Å²) in [5, 5.41) is 3.40. The molecule has 1 aromatic carbocycles. The molecule has 0 atom stereocenters. The van der Waals surface area contributed by atoms with Gasteiger partial charge in [-0.15, -0.1) is 0 Å². The third-order valence-corrected chi connectivity index (χ3v) is 3.54. The number of amides is 2. The van der Waals surface area contributed by atoms with E-state index in [9.17, 15) is 9.59 Å². The van der Waals surface area contributed by atoms with E-state index >= 15 is 0 Å². The Hall–Kier alpha value is -1.26. The molecule has 20 heavy (non-hydrogen) atoms. The summed E-state index contributed by atoms with van der Waals surface area (Å²) >= 11 is 11.8. The van der Waals surface area contributed by atoms with Crippen LogP contribution in [0.4, 0.5) is 0 Å². The van der Waals surface area contributed by atoms with Gasteiger partial charge < -0.3 is 10.2 Å². The topological polar surface area (TPSA) is 49.4 Å². The largest absolute Gasteiger partial charge is 0.358 e. The van der Waals surface area contributed by atoms with Crippen LogP contribution in [0.2, 0.25) is 10.0 Å². The second-order valence-electron chi connectivity index (χ2n) is 4.41. The highest BCUT2D eigenvalue weighted by Crippen LogP contribution is 2.23. The summed E-state index contributed by atoms with van der Waals surface area (Å²) in [5.74, 6) is -0.283. The Morgan fingerprint density at radius 3 is 2.50 bits per heavy atom. The quantitative estimate of drug-likeness (QED) is 0.876. The molecule has 1 rings (SSSR count). The van der Waals surface area contributed by atoms with E-state index in [1.165, 1.54) is 0 Å². The average Bonchev–Trinajstić information content (AvgIpc) is 2.42. The first-order valence-electron chi connectivity index (χ1n) is 6.40. The van der Waals surface area contributed by atoms with Gasteiger partial charge in [-0.2, -0.15) is 0 Å². The van der Waals surface area contributed by atoms with Crippen LogP contribution < -0.4 is 5.32 Å². The number of nitrogens with zero attached hydrogens (tertiary/aromatic N) is 1. The molecule has 0 spiro atoms. The molecule has 1 aromatic rings. The lowest BCUT2D eigenvalue weighted by Crippen LogP contribution is -2.40. The summed E-state index contributed by atoms with van der Waals surface area (Å²) in [6.45, 7) is 2.58. The number of carbonyl (C=O) groups excluding carboxylic acids is 2. The Bertz CT molecular complexity index is 492. The molecular weight excluding hydrogens is 299 g/mol. The number of carbonyl (C=O) groups is 2. The Labute approximate surface area is 129 Å². The van der Waals surface area contributed by atoms with Crippen LogP contribution in [-0.2, 0) is 16.0 Å². The van der Waals surface area contributed by atoms with Crippen LogP contribution in [-0.4, -0.2) is 36.9 Å². The maximum absolute atomic E-state index is 12.2. The molecule has 0 fully saturated rings. The molecule has 6 heteroatoms. The van der Waals surface area contributed by atoms with Gasteiger partial charge in [0.15, 0.2) is 0 Å². The van der Waals surface area contributed by atoms with E-state index in [2.05, 4.69) is 5.32 Å². The molecule has 0 radical (unpaired) electrons. The molecule has 0 aliphatic carbocycles. The summed E-state index contributed by atoms with van der Waals surface area (Å²) in [6, 6.07) is 5.09. The predicted octanol–water partition coefficient (Wildman–Crippen LogP) is 2.52. The lowest BCUT2D eigenvalue weighted by Gasteiger charge is -2.21. The Morgan fingerprint density at radius 1 is 1.25 bits per heavy atom. The van der Waals surface area contributed by atoms with Crippen molar-refractivity contribution in [2.24, 2.45) is 0 Å². The first-order valence-corrected chi connectivity index (χ1v) is 7.15. The van der Waals surface area contributed by atoms with Crippen molar-refractivity contribution < 1.29 is 9.59 Å². The van der Waals surface area contributed by atoms with Crippen LogP contribution in [0.15, 0.2) is 18.2 Å². The summed E-state index contributed by atoms with van der Waals surface area (Å²) in [4.78, 5) is 25.2. The molecular formula is C14H18Cl2N2O2. The van der Waals surface area contributed by atoms with E-state index in [1.54, 1.807) is 30.1 Å². The smallest absolute Gasteiger partial charge is 0.239 e. The van der Waals surface area contributed by atoms with Gasteiger partial charge in [0.2, 0.25) is 11.8 Å². The maximum atomic E-state index is 12.2. The van der Waals surface area contributed by atoms with E-state index < -0.39 is 0 Å². The summed E-state index contributed by atoms with van der Waals surface area (Å²) < 4.78 is 0. The van der Waals surface area contributed by atoms with Gasteiger partial charge >= 0.3 is 0 Å². The molecule has 0 aliphatic rings. The number of hydrogen-bond donors (Lipinski definition) is 1. The fraction of sp³-hybridized carbons (Fsp3) is 0.429. The SMILES string of the molecule is CCCN(CC(=O)NC)C(=O)Cc1ccc(Cl)c(Cl)c1. The van der Waals surface area contributed by atoms with E-state index in [0.717, 1.165) is 12.0 Å². The molecule has 0 aromatic heterocycles. The van der Waals surface area contributed by atoms with Crippen LogP contribution in [0.1, 0.15) is 18.9 Å². The zero-order chi connectivity index (χ0) is 15.1. The number of rotatable bonds is 6. The van der Waals surface area contributed by atoms with Crippen molar-refractivity contribution in [1.82, 2.24) is 10.2 Å². The molecule has 0 bridgehead atoms. The van der Waals surface area contributed by atoms with E-state index in [-0.39, 0.29) is 24.8 Å². The minimum Gasteiger partial charge on any atom is -0.358 e. The second kappa shape index (κ2) is 8.12. The minimum absolute atomic E-state index is 0.0739. The highest BCUT2D eigenvalue weighted by molar-refractivity contribution is 6.42. The molecule has 2 amide bonds. The zero-order valence-electron chi connectivity index (χ0n) is 11.6. The molecule has 0 saturated carbocycles. The van der Waals surface area contributed by atoms with E-state index in [4.69, 9.17) is 23.2 Å². The Balaban J connectivity index is 2.74. The summed E-state index contributed by atoms with van der Waals surface area (Å²) in [5.41, 5.74) is 0.780. The molecule has 1 N–H and O–H groups in total. The van der Waals surface area contributed by atoms with Crippen LogP contribution in [0, 0.1) is 0 Å². The van der Waals surface area contributed by atoms with Gasteiger partial charge in [-0.05, 0) is 24.1 Å². The number of benzene rings is 1. The maximum Gasteiger partial charge on any atom is 0.239 e. The van der Waals surface area contributed by atoms with Crippen LogP contribution in [0.5, 0.6) is 0 Å². The van der Waals surface area contributed by atoms with Crippen LogP contribution in [0.25, 0.3) is 0 Å². The van der Waals surface area contributed by atoms with Gasteiger partial charge in [-0.1, -0.05) is 36.2 Å².